The maximum Gasteiger partial charge on any atom is 0.306 e. The second-order valence-corrected chi connectivity index (χ2v) is 15.5. The molecule has 0 rings (SSSR count). The van der Waals surface area contributed by atoms with E-state index in [-0.39, 0.29) is 25.4 Å². The Kier molecular flexibility index (Phi) is 41.3. The van der Waals surface area contributed by atoms with Crippen molar-refractivity contribution in [2.45, 2.75) is 213 Å². The summed E-state index contributed by atoms with van der Waals surface area (Å²) in [5.41, 5.74) is 0. The van der Waals surface area contributed by atoms with Crippen molar-refractivity contribution in [1.29, 1.82) is 0 Å². The van der Waals surface area contributed by atoms with Crippen molar-refractivity contribution in [3.05, 3.63) is 72.9 Å². The molecule has 0 bridgehead atoms. The molecule has 0 aliphatic carbocycles. The van der Waals surface area contributed by atoms with Crippen molar-refractivity contribution in [2.75, 3.05) is 13.2 Å². The normalized spacial score (nSPS) is 14.0. The summed E-state index contributed by atoms with van der Waals surface area (Å²) in [6, 6.07) is 0. The number of carbonyl (C=O) groups excluding carboxylic acids is 2. The van der Waals surface area contributed by atoms with Crippen molar-refractivity contribution in [2.24, 2.45) is 5.92 Å². The third-order valence-corrected chi connectivity index (χ3v) is 10.2. The van der Waals surface area contributed by atoms with E-state index in [2.05, 4.69) is 69.4 Å². The van der Waals surface area contributed by atoms with Gasteiger partial charge in [0.25, 0.3) is 0 Å². The van der Waals surface area contributed by atoms with Crippen LogP contribution in [0.3, 0.4) is 0 Å². The van der Waals surface area contributed by atoms with Gasteiger partial charge in [0, 0.05) is 12.8 Å². The number of carbonyl (C=O) groups is 2. The fourth-order valence-corrected chi connectivity index (χ4v) is 6.29. The van der Waals surface area contributed by atoms with Gasteiger partial charge in [0.1, 0.15) is 6.61 Å². The van der Waals surface area contributed by atoms with E-state index in [4.69, 9.17) is 9.47 Å². The molecule has 0 fully saturated rings. The molecule has 0 aliphatic heterocycles. The van der Waals surface area contributed by atoms with Crippen LogP contribution in [0, 0.1) is 5.92 Å². The van der Waals surface area contributed by atoms with Crippen LogP contribution in [0.25, 0.3) is 0 Å². The first-order valence-corrected chi connectivity index (χ1v) is 23.0. The molecule has 3 atom stereocenters. The Morgan fingerprint density at radius 3 is 1.45 bits per heavy atom. The third-order valence-electron chi connectivity index (χ3n) is 10.2. The highest BCUT2D eigenvalue weighted by Crippen LogP contribution is 2.17. The molecule has 0 saturated heterocycles. The fourth-order valence-electron chi connectivity index (χ4n) is 6.29. The number of hydrogen-bond acceptors (Lipinski definition) is 6. The van der Waals surface area contributed by atoms with Crippen LogP contribution in [-0.2, 0) is 19.1 Å². The maximum absolute atomic E-state index is 12.2. The number of unbranched alkanes of at least 4 members (excludes halogenated alkanes) is 17. The molecule has 0 aromatic carbocycles. The van der Waals surface area contributed by atoms with E-state index in [9.17, 15) is 19.8 Å². The van der Waals surface area contributed by atoms with E-state index < -0.39 is 24.8 Å². The molecular formula is C50H86O6. The molecule has 6 nitrogen and oxygen atoms in total. The number of aliphatic hydroxyl groups is 2. The predicted octanol–water partition coefficient (Wildman–Crippen LogP) is 13.7. The van der Waals surface area contributed by atoms with Crippen molar-refractivity contribution in [3.63, 3.8) is 0 Å². The third kappa shape index (κ3) is 40.9. The molecule has 322 valence electrons. The summed E-state index contributed by atoms with van der Waals surface area (Å²) in [5, 5.41) is 19.8. The van der Waals surface area contributed by atoms with Crippen LogP contribution in [0.4, 0.5) is 0 Å². The molecule has 2 N–H and O–H groups in total. The van der Waals surface area contributed by atoms with Crippen LogP contribution in [0.1, 0.15) is 201 Å². The average molecular weight is 783 g/mol. The van der Waals surface area contributed by atoms with Gasteiger partial charge in [-0.05, 0) is 50.9 Å². The second-order valence-electron chi connectivity index (χ2n) is 15.5. The Morgan fingerprint density at radius 1 is 0.536 bits per heavy atom. The smallest absolute Gasteiger partial charge is 0.306 e. The minimum Gasteiger partial charge on any atom is -0.462 e. The summed E-state index contributed by atoms with van der Waals surface area (Å²) < 4.78 is 10.5. The van der Waals surface area contributed by atoms with Gasteiger partial charge >= 0.3 is 11.9 Å². The van der Waals surface area contributed by atoms with Crippen LogP contribution in [0.15, 0.2) is 72.9 Å². The first kappa shape index (κ1) is 53.3. The average Bonchev–Trinajstić information content (AvgIpc) is 3.20. The molecule has 0 aliphatic rings. The Balaban J connectivity index is 3.71. The van der Waals surface area contributed by atoms with Gasteiger partial charge < -0.3 is 19.7 Å². The molecule has 2 unspecified atom stereocenters. The molecule has 0 heterocycles. The zero-order chi connectivity index (χ0) is 41.0. The van der Waals surface area contributed by atoms with Crippen LogP contribution in [-0.4, -0.2) is 47.6 Å². The molecule has 0 amide bonds. The second kappa shape index (κ2) is 43.4. The highest BCUT2D eigenvalue weighted by molar-refractivity contribution is 5.70. The van der Waals surface area contributed by atoms with Crippen molar-refractivity contribution in [3.8, 4) is 0 Å². The lowest BCUT2D eigenvalue weighted by molar-refractivity contribution is -0.161. The summed E-state index contributed by atoms with van der Waals surface area (Å²) in [7, 11) is 0. The molecule has 6 heteroatoms. The molecular weight excluding hydrogens is 697 g/mol. The fraction of sp³-hybridized carbons (Fsp3) is 0.720. The lowest BCUT2D eigenvalue weighted by Crippen LogP contribution is -2.28. The summed E-state index contributed by atoms with van der Waals surface area (Å²) in [5.74, 6) is 0.0349. The minimum absolute atomic E-state index is 0.000669. The van der Waals surface area contributed by atoms with E-state index >= 15 is 0 Å². The summed E-state index contributed by atoms with van der Waals surface area (Å²) in [4.78, 5) is 24.4. The van der Waals surface area contributed by atoms with E-state index in [1.807, 2.05) is 12.2 Å². The van der Waals surface area contributed by atoms with Gasteiger partial charge in [0.15, 0.2) is 6.10 Å². The van der Waals surface area contributed by atoms with Gasteiger partial charge in [-0.3, -0.25) is 9.59 Å². The monoisotopic (exact) mass is 783 g/mol. The van der Waals surface area contributed by atoms with Crippen LogP contribution >= 0.6 is 0 Å². The largest absolute Gasteiger partial charge is 0.462 e. The number of allylic oxidation sites excluding steroid dienone is 11. The molecule has 0 spiro atoms. The number of esters is 2. The standard InChI is InChI=1S/C50H86O6/c1-4-6-7-8-9-10-11-12-13-19-22-25-28-31-34-37-40-47(52)42-43-50(54)56-48(44-51)45-55-49(53)41-38-35-32-29-26-23-20-17-15-14-16-18-21-24-27-30-33-36-39-46(3)5-2/h6-7,9-10,12-13,22,25,31,34,37,40,46-48,51-52H,4-5,8,11,14-21,23-24,26-30,32-33,35-36,38-39,41-45H2,1-3H3/b7-6-,10-9-,13-12-,25-22-,34-31-,40-37-/t46?,47?,48-/m0/s1. The number of rotatable bonds is 40. The van der Waals surface area contributed by atoms with E-state index in [0.29, 0.717) is 6.42 Å². The Labute approximate surface area is 345 Å². The summed E-state index contributed by atoms with van der Waals surface area (Å²) >= 11 is 0. The quantitative estimate of drug-likeness (QED) is 0.0278. The molecule has 0 aromatic heterocycles. The lowest BCUT2D eigenvalue weighted by atomic mass is 9.99. The highest BCUT2D eigenvalue weighted by atomic mass is 16.6. The van der Waals surface area contributed by atoms with Crippen LogP contribution < -0.4 is 0 Å². The first-order chi connectivity index (χ1) is 27.4. The molecule has 0 radical (unpaired) electrons. The Hall–Kier alpha value is -2.70. The van der Waals surface area contributed by atoms with Crippen LogP contribution in [0.5, 0.6) is 0 Å². The van der Waals surface area contributed by atoms with Gasteiger partial charge in [-0.15, -0.1) is 0 Å². The minimum atomic E-state index is -0.899. The maximum atomic E-state index is 12.2. The lowest BCUT2D eigenvalue weighted by Gasteiger charge is -2.16. The number of aliphatic hydroxyl groups excluding tert-OH is 2. The first-order valence-electron chi connectivity index (χ1n) is 23.0. The van der Waals surface area contributed by atoms with E-state index in [1.54, 1.807) is 12.2 Å². The molecule has 0 aromatic rings. The van der Waals surface area contributed by atoms with E-state index in [0.717, 1.165) is 57.3 Å². The Morgan fingerprint density at radius 2 is 0.982 bits per heavy atom. The van der Waals surface area contributed by atoms with Gasteiger partial charge in [0.2, 0.25) is 0 Å². The zero-order valence-electron chi connectivity index (χ0n) is 36.4. The SMILES string of the molecule is CC/C=C\C/C=C\C/C=C\C/C=C\C/C=C\C=C/C(O)CCC(=O)O[C@@H](CO)COC(=O)CCCCCCCCCCCCCCCCCCCCC(C)CC. The molecule has 0 saturated carbocycles. The van der Waals surface area contributed by atoms with Crippen molar-refractivity contribution >= 4 is 11.9 Å². The highest BCUT2D eigenvalue weighted by Gasteiger charge is 2.17. The zero-order valence-corrected chi connectivity index (χ0v) is 36.4. The van der Waals surface area contributed by atoms with Crippen molar-refractivity contribution in [1.82, 2.24) is 0 Å². The van der Waals surface area contributed by atoms with Gasteiger partial charge in [-0.25, -0.2) is 0 Å². The van der Waals surface area contributed by atoms with Crippen molar-refractivity contribution < 1.29 is 29.3 Å². The molecule has 56 heavy (non-hydrogen) atoms. The van der Waals surface area contributed by atoms with Crippen LogP contribution in [0.2, 0.25) is 0 Å². The summed E-state index contributed by atoms with van der Waals surface area (Å²) in [6.07, 6.45) is 54.4. The van der Waals surface area contributed by atoms with Gasteiger partial charge in [0.05, 0.1) is 12.7 Å². The van der Waals surface area contributed by atoms with Gasteiger partial charge in [-0.1, -0.05) is 216 Å². The summed E-state index contributed by atoms with van der Waals surface area (Å²) in [6.45, 7) is 6.23. The number of ether oxygens (including phenoxy) is 2. The topological polar surface area (TPSA) is 93.1 Å². The predicted molar refractivity (Wildman–Crippen MR) is 239 cm³/mol. The Bertz CT molecular complexity index is 1050. The van der Waals surface area contributed by atoms with Gasteiger partial charge in [-0.2, -0.15) is 0 Å². The van der Waals surface area contributed by atoms with E-state index in [1.165, 1.54) is 109 Å². The number of hydrogen-bond donors (Lipinski definition) is 2.